The lowest BCUT2D eigenvalue weighted by atomic mass is 10.2. The van der Waals surface area contributed by atoms with Crippen molar-refractivity contribution < 1.29 is 34.0 Å². The summed E-state index contributed by atoms with van der Waals surface area (Å²) < 4.78 is 0. The first kappa shape index (κ1) is 35.4. The molecule has 0 unspecified atom stereocenters. The van der Waals surface area contributed by atoms with Crippen LogP contribution in [0.25, 0.3) is 0 Å². The standard InChI is InChI=1S/C33H47N3O7/c1-2-3-4-13-24-35(42-26-28-15-8-5-9-16-28)31(38)20-19-30(37)34-23-12-7-14-25-36(32(39)21-22-33(40)41)43-27-29-17-10-6-11-18-29/h5-6,8-11,15-18H,2-4,7,12-14,19-27H2,1H3,(H,34,37)(H,40,41). The van der Waals surface area contributed by atoms with Crippen LogP contribution in [-0.4, -0.2) is 58.6 Å². The van der Waals surface area contributed by atoms with Crippen LogP contribution in [0.5, 0.6) is 0 Å². The number of carbonyl (C=O) groups excluding carboxylic acids is 3. The van der Waals surface area contributed by atoms with Gasteiger partial charge in [-0.15, -0.1) is 0 Å². The van der Waals surface area contributed by atoms with Crippen LogP contribution in [-0.2, 0) is 42.1 Å². The summed E-state index contributed by atoms with van der Waals surface area (Å²) in [5.74, 6) is -1.80. The number of hydrogen-bond acceptors (Lipinski definition) is 6. The van der Waals surface area contributed by atoms with Gasteiger partial charge in [-0.2, -0.15) is 0 Å². The number of carboxylic acids is 1. The minimum Gasteiger partial charge on any atom is -0.481 e. The molecular formula is C33H47N3O7. The highest BCUT2D eigenvalue weighted by atomic mass is 16.7. The van der Waals surface area contributed by atoms with Crippen molar-refractivity contribution >= 4 is 23.7 Å². The van der Waals surface area contributed by atoms with Gasteiger partial charge in [0.1, 0.15) is 13.2 Å². The zero-order valence-electron chi connectivity index (χ0n) is 25.4. The molecule has 3 amide bonds. The first-order valence-corrected chi connectivity index (χ1v) is 15.3. The van der Waals surface area contributed by atoms with Gasteiger partial charge in [0, 0.05) is 38.9 Å². The van der Waals surface area contributed by atoms with Crippen molar-refractivity contribution in [1.29, 1.82) is 0 Å². The minimum atomic E-state index is -1.03. The number of hydrogen-bond donors (Lipinski definition) is 2. The Morgan fingerprint density at radius 3 is 1.63 bits per heavy atom. The van der Waals surface area contributed by atoms with Crippen LogP contribution >= 0.6 is 0 Å². The SMILES string of the molecule is CCCCCCN(OCc1ccccc1)C(=O)CCC(=O)NCCCCCN(OCc1ccccc1)C(=O)CCC(=O)O. The molecule has 0 fully saturated rings. The van der Waals surface area contributed by atoms with E-state index in [1.54, 1.807) is 0 Å². The van der Waals surface area contributed by atoms with Gasteiger partial charge in [-0.25, -0.2) is 10.1 Å². The highest BCUT2D eigenvalue weighted by Gasteiger charge is 2.17. The monoisotopic (exact) mass is 597 g/mol. The normalized spacial score (nSPS) is 10.7. The largest absolute Gasteiger partial charge is 0.481 e. The van der Waals surface area contributed by atoms with Gasteiger partial charge in [-0.1, -0.05) is 86.8 Å². The summed E-state index contributed by atoms with van der Waals surface area (Å²) in [5, 5.41) is 14.4. The highest BCUT2D eigenvalue weighted by Crippen LogP contribution is 2.10. The van der Waals surface area contributed by atoms with E-state index in [4.69, 9.17) is 14.8 Å². The lowest BCUT2D eigenvalue weighted by Gasteiger charge is -2.22. The van der Waals surface area contributed by atoms with Crippen LogP contribution in [0.3, 0.4) is 0 Å². The molecule has 10 heteroatoms. The van der Waals surface area contributed by atoms with E-state index in [1.165, 1.54) is 10.1 Å². The molecular weight excluding hydrogens is 550 g/mol. The molecule has 0 aliphatic heterocycles. The Balaban J connectivity index is 1.69. The number of hydroxylamine groups is 4. The summed E-state index contributed by atoms with van der Waals surface area (Å²) >= 11 is 0. The maximum Gasteiger partial charge on any atom is 0.303 e. The molecule has 236 valence electrons. The summed E-state index contributed by atoms with van der Waals surface area (Å²) in [6.07, 6.45) is 5.89. The third-order valence-corrected chi connectivity index (χ3v) is 6.71. The van der Waals surface area contributed by atoms with Gasteiger partial charge < -0.3 is 10.4 Å². The Hall–Kier alpha value is -3.76. The zero-order chi connectivity index (χ0) is 31.1. The predicted octanol–water partition coefficient (Wildman–Crippen LogP) is 5.42. The van der Waals surface area contributed by atoms with Crippen LogP contribution in [0.4, 0.5) is 0 Å². The molecule has 0 aliphatic rings. The van der Waals surface area contributed by atoms with Gasteiger partial charge in [-0.05, 0) is 36.8 Å². The first-order valence-electron chi connectivity index (χ1n) is 15.3. The average Bonchev–Trinajstić information content (AvgIpc) is 3.02. The molecule has 2 N–H and O–H groups in total. The zero-order valence-corrected chi connectivity index (χ0v) is 25.4. The number of carboxylic acid groups (broad SMARTS) is 1. The second-order valence-corrected chi connectivity index (χ2v) is 10.4. The minimum absolute atomic E-state index is 0.0700. The van der Waals surface area contributed by atoms with E-state index < -0.39 is 5.97 Å². The number of nitrogens with one attached hydrogen (secondary N) is 1. The Kier molecular flexibility index (Phi) is 18.0. The average molecular weight is 598 g/mol. The van der Waals surface area contributed by atoms with Crippen molar-refractivity contribution in [2.75, 3.05) is 19.6 Å². The molecule has 0 heterocycles. The fourth-order valence-corrected chi connectivity index (χ4v) is 4.22. The summed E-state index contributed by atoms with van der Waals surface area (Å²) in [6.45, 7) is 3.92. The summed E-state index contributed by atoms with van der Waals surface area (Å²) in [4.78, 5) is 60.1. The Labute approximate surface area is 255 Å². The quantitative estimate of drug-likeness (QED) is 0.129. The number of aliphatic carboxylic acids is 1. The van der Waals surface area contributed by atoms with E-state index >= 15 is 0 Å². The summed E-state index contributed by atoms with van der Waals surface area (Å²) in [5.41, 5.74) is 1.88. The number of benzene rings is 2. The smallest absolute Gasteiger partial charge is 0.303 e. The van der Waals surface area contributed by atoms with Crippen molar-refractivity contribution in [2.45, 2.75) is 90.8 Å². The topological polar surface area (TPSA) is 125 Å². The maximum atomic E-state index is 12.8. The molecule has 0 aliphatic carbocycles. The molecule has 43 heavy (non-hydrogen) atoms. The fraction of sp³-hybridized carbons (Fsp3) is 0.515. The number of amides is 3. The molecule has 0 bridgehead atoms. The van der Waals surface area contributed by atoms with Crippen molar-refractivity contribution in [1.82, 2.24) is 15.4 Å². The van der Waals surface area contributed by atoms with Crippen LogP contribution < -0.4 is 5.32 Å². The molecule has 0 spiro atoms. The second kappa shape index (κ2) is 21.9. The Morgan fingerprint density at radius 1 is 0.651 bits per heavy atom. The lowest BCUT2D eigenvalue weighted by Crippen LogP contribution is -2.33. The van der Waals surface area contributed by atoms with Crippen LogP contribution in [0.2, 0.25) is 0 Å². The number of rotatable bonds is 23. The van der Waals surface area contributed by atoms with Crippen LogP contribution in [0.15, 0.2) is 60.7 Å². The van der Waals surface area contributed by atoms with Gasteiger partial charge >= 0.3 is 5.97 Å². The predicted molar refractivity (Wildman–Crippen MR) is 163 cm³/mol. The molecule has 2 aromatic rings. The number of carbonyl (C=O) groups is 4. The lowest BCUT2D eigenvalue weighted by molar-refractivity contribution is -0.192. The van der Waals surface area contributed by atoms with Crippen molar-refractivity contribution in [2.24, 2.45) is 0 Å². The summed E-state index contributed by atoms with van der Waals surface area (Å²) in [6, 6.07) is 19.1. The molecule has 0 saturated carbocycles. The molecule has 2 rings (SSSR count). The van der Waals surface area contributed by atoms with Crippen molar-refractivity contribution in [3.63, 3.8) is 0 Å². The molecule has 0 aromatic heterocycles. The third kappa shape index (κ3) is 16.5. The van der Waals surface area contributed by atoms with Crippen molar-refractivity contribution in [3.05, 3.63) is 71.8 Å². The van der Waals surface area contributed by atoms with Crippen molar-refractivity contribution in [3.8, 4) is 0 Å². The van der Waals surface area contributed by atoms with E-state index in [0.717, 1.165) is 43.2 Å². The molecule has 2 aromatic carbocycles. The van der Waals surface area contributed by atoms with Crippen LogP contribution in [0, 0.1) is 0 Å². The second-order valence-electron chi connectivity index (χ2n) is 10.4. The third-order valence-electron chi connectivity index (χ3n) is 6.71. The molecule has 0 saturated heterocycles. The van der Waals surface area contributed by atoms with Gasteiger partial charge in [0.25, 0.3) is 0 Å². The van der Waals surface area contributed by atoms with Gasteiger partial charge in [0.2, 0.25) is 17.7 Å². The Morgan fingerprint density at radius 2 is 1.14 bits per heavy atom. The Bertz CT molecular complexity index is 1080. The van der Waals surface area contributed by atoms with E-state index in [2.05, 4.69) is 12.2 Å². The van der Waals surface area contributed by atoms with Gasteiger partial charge in [-0.3, -0.25) is 28.9 Å². The maximum absolute atomic E-state index is 12.8. The van der Waals surface area contributed by atoms with E-state index in [-0.39, 0.29) is 50.0 Å². The van der Waals surface area contributed by atoms with E-state index in [1.807, 2.05) is 60.7 Å². The first-order chi connectivity index (χ1) is 20.9. The highest BCUT2D eigenvalue weighted by molar-refractivity contribution is 5.83. The van der Waals surface area contributed by atoms with Crippen LogP contribution in [0.1, 0.15) is 88.7 Å². The molecule has 0 atom stereocenters. The van der Waals surface area contributed by atoms with E-state index in [9.17, 15) is 19.2 Å². The number of nitrogens with zero attached hydrogens (tertiary/aromatic N) is 2. The molecule has 0 radical (unpaired) electrons. The van der Waals surface area contributed by atoms with E-state index in [0.29, 0.717) is 39.1 Å². The number of unbranched alkanes of at least 4 members (excludes halogenated alkanes) is 5. The fourth-order valence-electron chi connectivity index (χ4n) is 4.22. The van der Waals surface area contributed by atoms with Gasteiger partial charge in [0.05, 0.1) is 6.42 Å². The summed E-state index contributed by atoms with van der Waals surface area (Å²) in [7, 11) is 0. The van der Waals surface area contributed by atoms with Gasteiger partial charge in [0.15, 0.2) is 0 Å². The molecule has 10 nitrogen and oxygen atoms in total.